The third-order valence-electron chi connectivity index (χ3n) is 5.90. The van der Waals surface area contributed by atoms with Crippen molar-refractivity contribution in [3.05, 3.63) is 83.0 Å². The van der Waals surface area contributed by atoms with Gasteiger partial charge in [-0.3, -0.25) is 14.2 Å². The number of aromatic nitrogens is 1. The minimum Gasteiger partial charge on any atom is -0.494 e. The molecule has 3 aromatic rings. The number of hydrogen-bond acceptors (Lipinski definition) is 9. The summed E-state index contributed by atoms with van der Waals surface area (Å²) in [5.74, 6) is 0.301. The Balaban J connectivity index is 1.89. The van der Waals surface area contributed by atoms with Crippen molar-refractivity contribution in [2.24, 2.45) is 4.99 Å². The second-order valence-electron chi connectivity index (χ2n) is 8.66. The van der Waals surface area contributed by atoms with E-state index in [0.29, 0.717) is 55.4 Å². The van der Waals surface area contributed by atoms with Gasteiger partial charge in [0.15, 0.2) is 16.3 Å². The van der Waals surface area contributed by atoms with E-state index in [4.69, 9.17) is 18.9 Å². The number of allylic oxidation sites excluding steroid dienone is 1. The number of rotatable bonds is 9. The highest BCUT2D eigenvalue weighted by molar-refractivity contribution is 9.10. The Hall–Kier alpha value is -3.70. The Kier molecular flexibility index (Phi) is 9.26. The Morgan fingerprint density at radius 1 is 1.07 bits per heavy atom. The normalized spacial score (nSPS) is 14.8. The van der Waals surface area contributed by atoms with E-state index in [1.807, 2.05) is 38.1 Å². The second kappa shape index (κ2) is 12.6. The first-order valence-electron chi connectivity index (χ1n) is 12.8. The number of carbonyl (C=O) groups excluding carboxylic acids is 2. The molecule has 9 nitrogen and oxygen atoms in total. The Labute approximate surface area is 243 Å². The van der Waals surface area contributed by atoms with E-state index in [1.165, 1.54) is 22.8 Å². The lowest BCUT2D eigenvalue weighted by Crippen LogP contribution is -2.39. The maximum absolute atomic E-state index is 13.9. The van der Waals surface area contributed by atoms with Gasteiger partial charge in [0.1, 0.15) is 5.75 Å². The van der Waals surface area contributed by atoms with E-state index in [1.54, 1.807) is 32.1 Å². The van der Waals surface area contributed by atoms with E-state index in [-0.39, 0.29) is 17.9 Å². The van der Waals surface area contributed by atoms with Gasteiger partial charge in [-0.2, -0.15) is 0 Å². The molecular weight excluding hydrogens is 600 g/mol. The van der Waals surface area contributed by atoms with Gasteiger partial charge in [-0.15, -0.1) is 0 Å². The predicted octanol–water partition coefficient (Wildman–Crippen LogP) is 4.28. The van der Waals surface area contributed by atoms with Crippen LogP contribution in [0.4, 0.5) is 0 Å². The summed E-state index contributed by atoms with van der Waals surface area (Å²) in [7, 11) is 0. The van der Waals surface area contributed by atoms with Crippen LogP contribution in [0.25, 0.3) is 6.08 Å². The number of fused-ring (bicyclic) bond motifs is 1. The van der Waals surface area contributed by atoms with Gasteiger partial charge >= 0.3 is 11.9 Å². The van der Waals surface area contributed by atoms with Crippen LogP contribution in [0.5, 0.6) is 17.2 Å². The summed E-state index contributed by atoms with van der Waals surface area (Å²) in [6, 6.07) is 10.00. The number of benzene rings is 2. The Bertz CT molecular complexity index is 1650. The van der Waals surface area contributed by atoms with E-state index in [2.05, 4.69) is 20.9 Å². The molecule has 0 bridgehead atoms. The fraction of sp³-hybridized carbons (Fsp3) is 0.310. The van der Waals surface area contributed by atoms with Crippen molar-refractivity contribution in [3.8, 4) is 17.2 Å². The van der Waals surface area contributed by atoms with Gasteiger partial charge in [-0.25, -0.2) is 9.79 Å². The number of halogens is 1. The molecule has 2 aromatic carbocycles. The maximum Gasteiger partial charge on any atom is 0.338 e. The first-order valence-corrected chi connectivity index (χ1v) is 14.4. The van der Waals surface area contributed by atoms with E-state index in [9.17, 15) is 14.4 Å². The van der Waals surface area contributed by atoms with Crippen molar-refractivity contribution in [1.29, 1.82) is 0 Å². The van der Waals surface area contributed by atoms with Gasteiger partial charge in [0.25, 0.3) is 5.56 Å². The Morgan fingerprint density at radius 3 is 2.40 bits per heavy atom. The highest BCUT2D eigenvalue weighted by Crippen LogP contribution is 2.37. The van der Waals surface area contributed by atoms with Crippen molar-refractivity contribution in [2.45, 2.75) is 40.7 Å². The topological polar surface area (TPSA) is 105 Å². The van der Waals surface area contributed by atoms with Crippen LogP contribution in [-0.2, 0) is 14.3 Å². The minimum atomic E-state index is -0.731. The summed E-state index contributed by atoms with van der Waals surface area (Å²) in [6.07, 6.45) is 1.72. The number of carbonyl (C=O) groups is 2. The molecule has 0 saturated carbocycles. The smallest absolute Gasteiger partial charge is 0.338 e. The first-order chi connectivity index (χ1) is 19.2. The molecule has 11 heteroatoms. The third-order valence-corrected chi connectivity index (χ3v) is 7.47. The van der Waals surface area contributed by atoms with Crippen LogP contribution in [0.15, 0.2) is 61.9 Å². The molecular formula is C29H29BrN2O7S. The summed E-state index contributed by atoms with van der Waals surface area (Å²) in [5, 5.41) is 0. The minimum absolute atomic E-state index is 0.191. The molecule has 0 radical (unpaired) electrons. The van der Waals surface area contributed by atoms with Crippen LogP contribution in [0.1, 0.15) is 51.8 Å². The number of hydrogen-bond donors (Lipinski definition) is 0. The number of nitrogens with zero attached hydrogens (tertiary/aromatic N) is 2. The molecule has 1 atom stereocenters. The van der Waals surface area contributed by atoms with Crippen molar-refractivity contribution >= 4 is 45.3 Å². The number of esters is 2. The van der Waals surface area contributed by atoms with Crippen molar-refractivity contribution in [3.63, 3.8) is 0 Å². The van der Waals surface area contributed by atoms with Gasteiger partial charge in [0, 0.05) is 6.92 Å². The standard InChI is InChI=1S/C29H29BrN2O7S/c1-6-36-20-11-9-19(10-12-20)25-24(28(35)38-8-3)16(4)31-29-32(25)27(34)23(40-29)15-18-13-21(30)26(39-17(5)33)22(14-18)37-7-2/h9-15,25H,6-8H2,1-5H3/b23-15-/t25-/m1/s1. The van der Waals surface area contributed by atoms with Crippen LogP contribution in [0.3, 0.4) is 0 Å². The van der Waals surface area contributed by atoms with Gasteiger partial charge < -0.3 is 18.9 Å². The van der Waals surface area contributed by atoms with Gasteiger partial charge in [-0.1, -0.05) is 23.5 Å². The molecule has 0 aliphatic carbocycles. The first kappa shape index (κ1) is 29.3. The van der Waals surface area contributed by atoms with Crippen molar-refractivity contribution in [2.75, 3.05) is 19.8 Å². The molecule has 1 aliphatic rings. The van der Waals surface area contributed by atoms with Crippen LogP contribution >= 0.6 is 27.3 Å². The monoisotopic (exact) mass is 628 g/mol. The highest BCUT2D eigenvalue weighted by atomic mass is 79.9. The van der Waals surface area contributed by atoms with E-state index in [0.717, 1.165) is 5.56 Å². The molecule has 40 heavy (non-hydrogen) atoms. The molecule has 0 fully saturated rings. The van der Waals surface area contributed by atoms with Crippen LogP contribution in [-0.4, -0.2) is 36.3 Å². The zero-order chi connectivity index (χ0) is 29.0. The summed E-state index contributed by atoms with van der Waals surface area (Å²) in [5.41, 5.74) is 1.85. The number of thiazole rings is 1. The van der Waals surface area contributed by atoms with E-state index >= 15 is 0 Å². The average molecular weight is 630 g/mol. The molecule has 1 aromatic heterocycles. The van der Waals surface area contributed by atoms with Gasteiger partial charge in [-0.05, 0) is 85.1 Å². The third kappa shape index (κ3) is 6.05. The number of ether oxygens (including phenoxy) is 4. The van der Waals surface area contributed by atoms with Gasteiger partial charge in [0.05, 0.1) is 46.1 Å². The Morgan fingerprint density at radius 2 is 1.77 bits per heavy atom. The summed E-state index contributed by atoms with van der Waals surface area (Å²) >= 11 is 4.66. The molecule has 0 unspecified atom stereocenters. The second-order valence-corrected chi connectivity index (χ2v) is 10.5. The van der Waals surface area contributed by atoms with Crippen LogP contribution in [0.2, 0.25) is 0 Å². The zero-order valence-electron chi connectivity index (χ0n) is 22.8. The lowest BCUT2D eigenvalue weighted by molar-refractivity contribution is -0.139. The molecule has 0 spiro atoms. The molecule has 0 amide bonds. The maximum atomic E-state index is 13.9. The predicted molar refractivity (Wildman–Crippen MR) is 155 cm³/mol. The fourth-order valence-electron chi connectivity index (χ4n) is 4.35. The zero-order valence-corrected chi connectivity index (χ0v) is 25.2. The van der Waals surface area contributed by atoms with Crippen molar-refractivity contribution in [1.82, 2.24) is 4.57 Å². The highest BCUT2D eigenvalue weighted by Gasteiger charge is 2.33. The lowest BCUT2D eigenvalue weighted by atomic mass is 9.96. The van der Waals surface area contributed by atoms with E-state index < -0.39 is 18.0 Å². The molecule has 2 heterocycles. The van der Waals surface area contributed by atoms with Crippen LogP contribution < -0.4 is 29.1 Å². The average Bonchev–Trinajstić information content (AvgIpc) is 3.20. The molecule has 4 rings (SSSR count). The SMILES string of the molecule is CCOC(=O)C1=C(C)N=c2s/c(=C\c3cc(Br)c(OC(C)=O)c(OCC)c3)c(=O)n2[C@@H]1c1ccc(OCC)cc1. The largest absolute Gasteiger partial charge is 0.494 e. The molecule has 1 aliphatic heterocycles. The fourth-order valence-corrected chi connectivity index (χ4v) is 5.94. The van der Waals surface area contributed by atoms with Crippen molar-refractivity contribution < 1.29 is 28.5 Å². The molecule has 0 N–H and O–H groups in total. The molecule has 0 saturated heterocycles. The van der Waals surface area contributed by atoms with Crippen LogP contribution in [0, 0.1) is 0 Å². The van der Waals surface area contributed by atoms with Gasteiger partial charge in [0.2, 0.25) is 0 Å². The summed E-state index contributed by atoms with van der Waals surface area (Å²) < 4.78 is 24.4. The summed E-state index contributed by atoms with van der Waals surface area (Å²) in [6.45, 7) is 9.56. The molecule has 210 valence electrons. The lowest BCUT2D eigenvalue weighted by Gasteiger charge is -2.24. The quantitative estimate of drug-likeness (QED) is 0.257. The summed E-state index contributed by atoms with van der Waals surface area (Å²) in [4.78, 5) is 43.6.